The van der Waals surface area contributed by atoms with E-state index in [1.807, 2.05) is 41.0 Å². The van der Waals surface area contributed by atoms with Crippen LogP contribution in [0.1, 0.15) is 28.8 Å². The fourth-order valence-electron chi connectivity index (χ4n) is 4.26. The van der Waals surface area contributed by atoms with Crippen LogP contribution in [0.3, 0.4) is 0 Å². The minimum atomic E-state index is -0.369. The third-order valence-corrected chi connectivity index (χ3v) is 6.22. The zero-order chi connectivity index (χ0) is 23.5. The average molecular weight is 458 g/mol. The highest BCUT2D eigenvalue weighted by Gasteiger charge is 2.27. The zero-order valence-electron chi connectivity index (χ0n) is 18.5. The second kappa shape index (κ2) is 9.43. The Balaban J connectivity index is 1.13. The van der Waals surface area contributed by atoms with Crippen LogP contribution in [-0.2, 0) is 11.3 Å². The summed E-state index contributed by atoms with van der Waals surface area (Å²) in [4.78, 5) is 35.9. The first kappa shape index (κ1) is 21.8. The molecule has 5 rings (SSSR count). The topological polar surface area (TPSA) is 80.1 Å². The number of para-hydroxylation sites is 2. The molecule has 8 heteroatoms. The molecule has 2 amide bonds. The number of rotatable bonds is 5. The van der Waals surface area contributed by atoms with E-state index in [9.17, 15) is 14.0 Å². The molecule has 34 heavy (non-hydrogen) atoms. The van der Waals surface area contributed by atoms with Crippen molar-refractivity contribution < 1.29 is 14.0 Å². The fraction of sp³-hybridized carbons (Fsp3) is 0.231. The number of pyridine rings is 1. The summed E-state index contributed by atoms with van der Waals surface area (Å²) in [5.41, 5.74) is 3.26. The van der Waals surface area contributed by atoms with E-state index in [4.69, 9.17) is 0 Å². The third-order valence-electron chi connectivity index (χ3n) is 6.22. The number of aromatic nitrogens is 3. The lowest BCUT2D eigenvalue weighted by molar-refractivity contribution is -0.126. The predicted molar refractivity (Wildman–Crippen MR) is 126 cm³/mol. The van der Waals surface area contributed by atoms with E-state index in [0.717, 1.165) is 22.4 Å². The Morgan fingerprint density at radius 1 is 0.971 bits per heavy atom. The minimum absolute atomic E-state index is 0.0152. The zero-order valence-corrected chi connectivity index (χ0v) is 18.5. The molecule has 1 aliphatic heterocycles. The molecule has 7 nitrogen and oxygen atoms in total. The van der Waals surface area contributed by atoms with E-state index in [0.29, 0.717) is 38.0 Å². The molecule has 0 spiro atoms. The second-order valence-electron chi connectivity index (χ2n) is 8.42. The van der Waals surface area contributed by atoms with Crippen molar-refractivity contribution >= 4 is 22.8 Å². The van der Waals surface area contributed by atoms with Crippen molar-refractivity contribution in [1.82, 2.24) is 24.8 Å². The van der Waals surface area contributed by atoms with Gasteiger partial charge in [-0.1, -0.05) is 18.2 Å². The number of carbonyl (C=O) groups is 2. The molecule has 3 heterocycles. The molecular formula is C26H24FN5O2. The summed E-state index contributed by atoms with van der Waals surface area (Å²) in [6.45, 7) is 1.40. The highest BCUT2D eigenvalue weighted by atomic mass is 19.1. The smallest absolute Gasteiger partial charge is 0.253 e. The molecule has 4 aromatic rings. The normalized spacial score (nSPS) is 14.3. The first-order chi connectivity index (χ1) is 16.6. The van der Waals surface area contributed by atoms with Crippen molar-refractivity contribution in [3.05, 3.63) is 90.1 Å². The van der Waals surface area contributed by atoms with E-state index >= 15 is 0 Å². The lowest BCUT2D eigenvalue weighted by atomic mass is 9.95. The number of hydrogen-bond donors (Lipinski definition) is 1. The maximum atomic E-state index is 13.1. The molecule has 0 saturated carbocycles. The van der Waals surface area contributed by atoms with Gasteiger partial charge in [-0.05, 0) is 60.9 Å². The summed E-state index contributed by atoms with van der Waals surface area (Å²) in [6, 6.07) is 17.3. The molecule has 1 saturated heterocycles. The number of amides is 2. The van der Waals surface area contributed by atoms with Gasteiger partial charge in [-0.3, -0.25) is 14.2 Å². The highest BCUT2D eigenvalue weighted by molar-refractivity contribution is 5.94. The van der Waals surface area contributed by atoms with Crippen LogP contribution in [0.25, 0.3) is 16.9 Å². The fourth-order valence-corrected chi connectivity index (χ4v) is 4.26. The number of fused-ring (bicyclic) bond motifs is 1. The van der Waals surface area contributed by atoms with Crippen LogP contribution in [0.2, 0.25) is 0 Å². The number of carbonyl (C=O) groups excluding carboxylic acids is 2. The van der Waals surface area contributed by atoms with Crippen LogP contribution in [0.4, 0.5) is 4.39 Å². The van der Waals surface area contributed by atoms with Gasteiger partial charge in [0.2, 0.25) is 5.91 Å². The van der Waals surface area contributed by atoms with E-state index in [1.165, 1.54) is 24.3 Å². The molecular weight excluding hydrogens is 433 g/mol. The Kier molecular flexibility index (Phi) is 6.03. The standard InChI is InChI=1S/C26H24FN5O2/c27-21-8-6-20(7-9-21)26(34)31-13-11-19(12-14-31)25(33)29-16-18-5-10-24(28-15-18)32-17-30-22-3-1-2-4-23(22)32/h1-10,15,17,19H,11-14,16H2,(H,29,33). The van der Waals surface area contributed by atoms with Gasteiger partial charge in [0.25, 0.3) is 5.91 Å². The van der Waals surface area contributed by atoms with Crippen LogP contribution in [-0.4, -0.2) is 44.3 Å². The van der Waals surface area contributed by atoms with Crippen molar-refractivity contribution in [3.8, 4) is 5.82 Å². The monoisotopic (exact) mass is 457 g/mol. The number of hydrogen-bond acceptors (Lipinski definition) is 4. The third kappa shape index (κ3) is 4.52. The van der Waals surface area contributed by atoms with E-state index in [2.05, 4.69) is 15.3 Å². The summed E-state index contributed by atoms with van der Waals surface area (Å²) in [5.74, 6) is 0.116. The first-order valence-corrected chi connectivity index (χ1v) is 11.3. The molecule has 2 aromatic carbocycles. The summed E-state index contributed by atoms with van der Waals surface area (Å²) in [7, 11) is 0. The van der Waals surface area contributed by atoms with Gasteiger partial charge in [-0.15, -0.1) is 0 Å². The maximum Gasteiger partial charge on any atom is 0.253 e. The van der Waals surface area contributed by atoms with Gasteiger partial charge < -0.3 is 10.2 Å². The average Bonchev–Trinajstić information content (AvgIpc) is 3.32. The Morgan fingerprint density at radius 2 is 1.74 bits per heavy atom. The van der Waals surface area contributed by atoms with E-state index in [-0.39, 0.29) is 23.5 Å². The first-order valence-electron chi connectivity index (χ1n) is 11.3. The van der Waals surface area contributed by atoms with Crippen molar-refractivity contribution in [2.75, 3.05) is 13.1 Å². The van der Waals surface area contributed by atoms with Crippen LogP contribution in [0.5, 0.6) is 0 Å². The van der Waals surface area contributed by atoms with Crippen LogP contribution in [0.15, 0.2) is 73.2 Å². The van der Waals surface area contributed by atoms with Crippen molar-refractivity contribution in [1.29, 1.82) is 0 Å². The molecule has 172 valence electrons. The minimum Gasteiger partial charge on any atom is -0.352 e. The SMILES string of the molecule is O=C(NCc1ccc(-n2cnc3ccccc32)nc1)C1CCN(C(=O)c2ccc(F)cc2)CC1. The number of benzene rings is 2. The van der Waals surface area contributed by atoms with E-state index in [1.54, 1.807) is 17.4 Å². The van der Waals surface area contributed by atoms with Crippen molar-refractivity contribution in [3.63, 3.8) is 0 Å². The molecule has 0 aliphatic carbocycles. The van der Waals surface area contributed by atoms with Crippen LogP contribution in [0, 0.1) is 11.7 Å². The lowest BCUT2D eigenvalue weighted by Gasteiger charge is -2.31. The van der Waals surface area contributed by atoms with Crippen molar-refractivity contribution in [2.45, 2.75) is 19.4 Å². The van der Waals surface area contributed by atoms with Gasteiger partial charge >= 0.3 is 0 Å². The Labute approximate surface area is 196 Å². The van der Waals surface area contributed by atoms with E-state index < -0.39 is 0 Å². The lowest BCUT2D eigenvalue weighted by Crippen LogP contribution is -2.42. The van der Waals surface area contributed by atoms with Gasteiger partial charge in [0, 0.05) is 37.3 Å². The van der Waals surface area contributed by atoms with Gasteiger partial charge in [0.15, 0.2) is 0 Å². The van der Waals surface area contributed by atoms with Gasteiger partial charge in [0.1, 0.15) is 18.0 Å². The number of nitrogens with one attached hydrogen (secondary N) is 1. The van der Waals surface area contributed by atoms with Gasteiger partial charge in [-0.2, -0.15) is 0 Å². The van der Waals surface area contributed by atoms with Gasteiger partial charge in [-0.25, -0.2) is 14.4 Å². The second-order valence-corrected chi connectivity index (χ2v) is 8.42. The summed E-state index contributed by atoms with van der Waals surface area (Å²) < 4.78 is 15.0. The molecule has 0 atom stereocenters. The highest BCUT2D eigenvalue weighted by Crippen LogP contribution is 2.20. The Morgan fingerprint density at radius 3 is 2.47 bits per heavy atom. The summed E-state index contributed by atoms with van der Waals surface area (Å²) in [5, 5.41) is 2.99. The van der Waals surface area contributed by atoms with Crippen LogP contribution < -0.4 is 5.32 Å². The summed E-state index contributed by atoms with van der Waals surface area (Å²) in [6.07, 6.45) is 4.71. The molecule has 2 aromatic heterocycles. The Bertz CT molecular complexity index is 1310. The number of piperidine rings is 1. The maximum absolute atomic E-state index is 13.1. The molecule has 0 bridgehead atoms. The predicted octanol–water partition coefficient (Wildman–Crippen LogP) is 3.73. The molecule has 1 N–H and O–H groups in total. The largest absolute Gasteiger partial charge is 0.352 e. The number of halogens is 1. The number of nitrogens with zero attached hydrogens (tertiary/aromatic N) is 4. The molecule has 1 aliphatic rings. The summed E-state index contributed by atoms with van der Waals surface area (Å²) >= 11 is 0. The molecule has 1 fully saturated rings. The van der Waals surface area contributed by atoms with Crippen LogP contribution >= 0.6 is 0 Å². The molecule has 0 unspecified atom stereocenters. The van der Waals surface area contributed by atoms with Crippen molar-refractivity contribution in [2.24, 2.45) is 5.92 Å². The quantitative estimate of drug-likeness (QED) is 0.495. The molecule has 0 radical (unpaired) electrons. The number of imidazole rings is 1. The number of likely N-dealkylation sites (tertiary alicyclic amines) is 1. The van der Waals surface area contributed by atoms with Gasteiger partial charge in [0.05, 0.1) is 11.0 Å². The Hall–Kier alpha value is -4.07.